The fourth-order valence-corrected chi connectivity index (χ4v) is 1.54. The molecule has 1 aliphatic rings. The van der Waals surface area contributed by atoms with Gasteiger partial charge in [-0.05, 0) is 25.0 Å². The van der Waals surface area contributed by atoms with Gasteiger partial charge in [0.05, 0.1) is 0 Å². The van der Waals surface area contributed by atoms with Crippen LogP contribution in [0.4, 0.5) is 6.01 Å². The van der Waals surface area contributed by atoms with Crippen molar-refractivity contribution in [2.24, 2.45) is 0 Å². The zero-order valence-electron chi connectivity index (χ0n) is 9.09. The molecule has 1 aromatic heterocycles. The first-order valence-electron chi connectivity index (χ1n) is 5.53. The third-order valence-electron chi connectivity index (χ3n) is 2.62. The number of amides is 1. The lowest BCUT2D eigenvalue weighted by atomic mass is 10.2. The van der Waals surface area contributed by atoms with Crippen LogP contribution < -0.4 is 5.32 Å². The first-order chi connectivity index (χ1) is 8.33. The van der Waals surface area contributed by atoms with Crippen LogP contribution in [0.25, 0.3) is 0 Å². The summed E-state index contributed by atoms with van der Waals surface area (Å²) in [6.07, 6.45) is 2.18. The van der Waals surface area contributed by atoms with Crippen molar-refractivity contribution >= 4 is 11.9 Å². The number of carbonyl (C=O) groups is 1. The average Bonchev–Trinajstić information content (AvgIpc) is 3.12. The number of nitrogens with zero attached hydrogens (tertiary/aromatic N) is 2. The van der Waals surface area contributed by atoms with E-state index < -0.39 is 0 Å². The zero-order valence-corrected chi connectivity index (χ0v) is 9.09. The summed E-state index contributed by atoms with van der Waals surface area (Å²) in [6, 6.07) is 9.09. The molecule has 1 aromatic carbocycles. The highest BCUT2D eigenvalue weighted by atomic mass is 16.4. The predicted octanol–water partition coefficient (Wildman–Crippen LogP) is 2.20. The second-order valence-electron chi connectivity index (χ2n) is 4.04. The quantitative estimate of drug-likeness (QED) is 0.876. The summed E-state index contributed by atoms with van der Waals surface area (Å²) in [5.74, 6) is 0.773. The standard InChI is InChI=1S/C12H11N3O2/c16-10(8-4-2-1-3-5-8)13-12-15-14-11(17-12)9-6-7-9/h1-5,9H,6-7H2,(H,13,15,16). The molecule has 86 valence electrons. The van der Waals surface area contributed by atoms with Crippen molar-refractivity contribution in [1.82, 2.24) is 10.2 Å². The van der Waals surface area contributed by atoms with Crippen molar-refractivity contribution in [3.05, 3.63) is 41.8 Å². The third kappa shape index (κ3) is 2.18. The van der Waals surface area contributed by atoms with Gasteiger partial charge in [0.1, 0.15) is 0 Å². The van der Waals surface area contributed by atoms with Gasteiger partial charge < -0.3 is 4.42 Å². The van der Waals surface area contributed by atoms with Crippen molar-refractivity contribution in [2.45, 2.75) is 18.8 Å². The van der Waals surface area contributed by atoms with Gasteiger partial charge in [0.25, 0.3) is 5.91 Å². The number of aromatic nitrogens is 2. The Morgan fingerprint density at radius 2 is 2.00 bits per heavy atom. The van der Waals surface area contributed by atoms with Gasteiger partial charge in [0.2, 0.25) is 5.89 Å². The Balaban J connectivity index is 1.71. The van der Waals surface area contributed by atoms with Crippen LogP contribution in [0.15, 0.2) is 34.7 Å². The van der Waals surface area contributed by atoms with Crippen LogP contribution in [-0.4, -0.2) is 16.1 Å². The molecule has 5 heteroatoms. The molecule has 1 saturated carbocycles. The van der Waals surface area contributed by atoms with Crippen LogP contribution >= 0.6 is 0 Å². The monoisotopic (exact) mass is 229 g/mol. The number of rotatable bonds is 3. The molecule has 2 aromatic rings. The van der Waals surface area contributed by atoms with E-state index in [0.29, 0.717) is 17.4 Å². The van der Waals surface area contributed by atoms with Crippen LogP contribution in [0, 0.1) is 0 Å². The SMILES string of the molecule is O=C(Nc1nnc(C2CC2)o1)c1ccccc1. The Morgan fingerprint density at radius 1 is 1.24 bits per heavy atom. The van der Waals surface area contributed by atoms with E-state index in [9.17, 15) is 4.79 Å². The van der Waals surface area contributed by atoms with Gasteiger partial charge in [-0.25, -0.2) is 0 Å². The minimum atomic E-state index is -0.239. The van der Waals surface area contributed by atoms with E-state index in [1.807, 2.05) is 6.07 Å². The van der Waals surface area contributed by atoms with Gasteiger partial charge >= 0.3 is 6.01 Å². The highest BCUT2D eigenvalue weighted by molar-refractivity contribution is 6.02. The number of benzene rings is 1. The van der Waals surface area contributed by atoms with Crippen molar-refractivity contribution < 1.29 is 9.21 Å². The van der Waals surface area contributed by atoms with E-state index >= 15 is 0 Å². The van der Waals surface area contributed by atoms with Crippen molar-refractivity contribution in [3.8, 4) is 0 Å². The molecule has 0 bridgehead atoms. The molecule has 1 fully saturated rings. The molecule has 0 radical (unpaired) electrons. The van der Waals surface area contributed by atoms with Crippen LogP contribution in [0.3, 0.4) is 0 Å². The molecule has 1 N–H and O–H groups in total. The van der Waals surface area contributed by atoms with Crippen molar-refractivity contribution in [3.63, 3.8) is 0 Å². The van der Waals surface area contributed by atoms with Crippen molar-refractivity contribution in [2.75, 3.05) is 5.32 Å². The molecule has 1 amide bonds. The second kappa shape index (κ2) is 4.01. The molecular formula is C12H11N3O2. The summed E-state index contributed by atoms with van der Waals surface area (Å²) in [6.45, 7) is 0. The van der Waals surface area contributed by atoms with E-state index in [0.717, 1.165) is 12.8 Å². The Morgan fingerprint density at radius 3 is 2.71 bits per heavy atom. The number of hydrogen-bond donors (Lipinski definition) is 1. The maximum atomic E-state index is 11.8. The zero-order chi connectivity index (χ0) is 11.7. The molecule has 0 aliphatic heterocycles. The number of carbonyl (C=O) groups excluding carboxylic acids is 1. The Kier molecular flexibility index (Phi) is 2.36. The summed E-state index contributed by atoms with van der Waals surface area (Å²) in [7, 11) is 0. The van der Waals surface area contributed by atoms with Gasteiger partial charge in [-0.3, -0.25) is 10.1 Å². The lowest BCUT2D eigenvalue weighted by Gasteiger charge is -1.99. The van der Waals surface area contributed by atoms with E-state index in [-0.39, 0.29) is 11.9 Å². The molecule has 0 spiro atoms. The maximum absolute atomic E-state index is 11.8. The Hall–Kier alpha value is -2.17. The number of anilines is 1. The van der Waals surface area contributed by atoms with Crippen LogP contribution in [0.2, 0.25) is 0 Å². The van der Waals surface area contributed by atoms with Gasteiger partial charge in [-0.1, -0.05) is 23.3 Å². The molecule has 1 aliphatic carbocycles. The molecular weight excluding hydrogens is 218 g/mol. The van der Waals surface area contributed by atoms with E-state index in [1.165, 1.54) is 0 Å². The molecule has 0 atom stereocenters. The molecule has 17 heavy (non-hydrogen) atoms. The Bertz CT molecular complexity index is 532. The molecule has 5 nitrogen and oxygen atoms in total. The minimum Gasteiger partial charge on any atom is -0.408 e. The number of hydrogen-bond acceptors (Lipinski definition) is 4. The predicted molar refractivity (Wildman–Crippen MR) is 60.7 cm³/mol. The fourth-order valence-electron chi connectivity index (χ4n) is 1.54. The van der Waals surface area contributed by atoms with Crippen LogP contribution in [0.1, 0.15) is 35.0 Å². The first-order valence-corrected chi connectivity index (χ1v) is 5.53. The van der Waals surface area contributed by atoms with Gasteiger partial charge in [-0.2, -0.15) is 0 Å². The van der Waals surface area contributed by atoms with Gasteiger partial charge in [0.15, 0.2) is 0 Å². The first kappa shape index (κ1) is 10.0. The number of nitrogens with one attached hydrogen (secondary N) is 1. The Labute approximate surface area is 97.9 Å². The van der Waals surface area contributed by atoms with Gasteiger partial charge in [0, 0.05) is 11.5 Å². The highest BCUT2D eigenvalue weighted by Crippen LogP contribution is 2.39. The smallest absolute Gasteiger partial charge is 0.322 e. The second-order valence-corrected chi connectivity index (χ2v) is 4.04. The lowest BCUT2D eigenvalue weighted by molar-refractivity contribution is 0.102. The molecule has 1 heterocycles. The fraction of sp³-hybridized carbons (Fsp3) is 0.250. The molecule has 3 rings (SSSR count). The van der Waals surface area contributed by atoms with Crippen molar-refractivity contribution in [1.29, 1.82) is 0 Å². The van der Waals surface area contributed by atoms with Crippen LogP contribution in [-0.2, 0) is 0 Å². The van der Waals surface area contributed by atoms with Gasteiger partial charge in [-0.15, -0.1) is 5.10 Å². The summed E-state index contributed by atoms with van der Waals surface area (Å²) in [5.41, 5.74) is 0.568. The summed E-state index contributed by atoms with van der Waals surface area (Å²) in [4.78, 5) is 11.8. The largest absolute Gasteiger partial charge is 0.408 e. The van der Waals surface area contributed by atoms with E-state index in [4.69, 9.17) is 4.42 Å². The third-order valence-corrected chi connectivity index (χ3v) is 2.62. The topological polar surface area (TPSA) is 68.0 Å². The minimum absolute atomic E-state index is 0.167. The molecule has 0 saturated heterocycles. The average molecular weight is 229 g/mol. The van der Waals surface area contributed by atoms with E-state index in [2.05, 4.69) is 15.5 Å². The lowest BCUT2D eigenvalue weighted by Crippen LogP contribution is -2.11. The molecule has 0 unspecified atom stereocenters. The summed E-state index contributed by atoms with van der Waals surface area (Å²) < 4.78 is 5.35. The maximum Gasteiger partial charge on any atom is 0.322 e. The summed E-state index contributed by atoms with van der Waals surface area (Å²) >= 11 is 0. The normalized spacial score (nSPS) is 14.6. The summed E-state index contributed by atoms with van der Waals surface area (Å²) in [5, 5.41) is 10.3. The highest BCUT2D eigenvalue weighted by Gasteiger charge is 2.29. The van der Waals surface area contributed by atoms with E-state index in [1.54, 1.807) is 24.3 Å². The van der Waals surface area contributed by atoms with Crippen LogP contribution in [0.5, 0.6) is 0 Å².